The van der Waals surface area contributed by atoms with Crippen molar-refractivity contribution < 1.29 is 28.6 Å². The van der Waals surface area contributed by atoms with Crippen LogP contribution in [0.5, 0.6) is 5.75 Å². The maximum absolute atomic E-state index is 12.7. The number of morpholine rings is 1. The summed E-state index contributed by atoms with van der Waals surface area (Å²) in [6.45, 7) is 2.33. The number of benzene rings is 1. The molecule has 1 aliphatic heterocycles. The number of rotatable bonds is 3. The first kappa shape index (κ1) is 15.4. The summed E-state index contributed by atoms with van der Waals surface area (Å²) in [6, 6.07) is 5.32. The topological polar surface area (TPSA) is 89.2 Å². The van der Waals surface area contributed by atoms with E-state index in [1.165, 1.54) is 4.90 Å². The lowest BCUT2D eigenvalue weighted by Gasteiger charge is -2.30. The summed E-state index contributed by atoms with van der Waals surface area (Å²) in [5.41, 5.74) is 1.30. The molecule has 1 aromatic heterocycles. The van der Waals surface area contributed by atoms with Gasteiger partial charge in [0, 0.05) is 17.5 Å². The lowest BCUT2D eigenvalue weighted by Crippen LogP contribution is -2.48. The molecular weight excluding hydrogens is 302 g/mol. The SMILES string of the molecule is COc1ccc2oc(C(=O)N3CCOC(C(=O)O)C3)c(C)c2c1. The Balaban J connectivity index is 1.91. The number of aryl methyl sites for hydroxylation is 1. The van der Waals surface area contributed by atoms with Crippen LogP contribution in [0.25, 0.3) is 11.0 Å². The first-order valence-electron chi connectivity index (χ1n) is 7.22. The Kier molecular flexibility index (Phi) is 3.96. The Morgan fingerprint density at radius 1 is 1.39 bits per heavy atom. The Hall–Kier alpha value is -2.54. The summed E-state index contributed by atoms with van der Waals surface area (Å²) in [5, 5.41) is 9.84. The number of amides is 1. The number of methoxy groups -OCH3 is 1. The average Bonchev–Trinajstić information content (AvgIpc) is 2.90. The van der Waals surface area contributed by atoms with Gasteiger partial charge < -0.3 is 23.9 Å². The smallest absolute Gasteiger partial charge is 0.334 e. The highest BCUT2D eigenvalue weighted by molar-refractivity contribution is 5.99. The minimum atomic E-state index is -1.08. The summed E-state index contributed by atoms with van der Waals surface area (Å²) in [7, 11) is 1.57. The van der Waals surface area contributed by atoms with E-state index in [1.54, 1.807) is 26.2 Å². The number of carbonyl (C=O) groups is 2. The standard InChI is InChI=1S/C16H17NO6/c1-9-11-7-10(21-2)3-4-12(11)23-14(9)15(18)17-5-6-22-13(8-17)16(19)20/h3-4,7,13H,5-6,8H2,1-2H3,(H,19,20). The number of aliphatic carboxylic acids is 1. The van der Waals surface area contributed by atoms with Crippen LogP contribution in [0.4, 0.5) is 0 Å². The second kappa shape index (κ2) is 5.92. The summed E-state index contributed by atoms with van der Waals surface area (Å²) in [5.74, 6) is -0.502. The third-order valence-electron chi connectivity index (χ3n) is 3.97. The molecule has 1 N–H and O–H groups in total. The molecule has 2 heterocycles. The zero-order chi connectivity index (χ0) is 16.6. The van der Waals surface area contributed by atoms with Crippen LogP contribution in [0.15, 0.2) is 22.6 Å². The molecule has 0 aliphatic carbocycles. The Labute approximate surface area is 132 Å². The van der Waals surface area contributed by atoms with Gasteiger partial charge in [0.15, 0.2) is 11.9 Å². The summed E-state index contributed by atoms with van der Waals surface area (Å²) in [6.07, 6.45) is -1.00. The lowest BCUT2D eigenvalue weighted by atomic mass is 10.1. The zero-order valence-corrected chi connectivity index (χ0v) is 12.9. The van der Waals surface area contributed by atoms with E-state index in [4.69, 9.17) is 19.0 Å². The van der Waals surface area contributed by atoms with Gasteiger partial charge in [0.05, 0.1) is 20.3 Å². The molecule has 0 radical (unpaired) electrons. The zero-order valence-electron chi connectivity index (χ0n) is 12.9. The number of furan rings is 1. The van der Waals surface area contributed by atoms with Gasteiger partial charge in [0.1, 0.15) is 11.3 Å². The molecule has 122 valence electrons. The number of hydrogen-bond acceptors (Lipinski definition) is 5. The summed E-state index contributed by atoms with van der Waals surface area (Å²) >= 11 is 0. The number of nitrogens with zero attached hydrogens (tertiary/aromatic N) is 1. The quantitative estimate of drug-likeness (QED) is 0.926. The fraction of sp³-hybridized carbons (Fsp3) is 0.375. The monoisotopic (exact) mass is 319 g/mol. The molecule has 0 spiro atoms. The van der Waals surface area contributed by atoms with Gasteiger partial charge in [-0.2, -0.15) is 0 Å². The first-order chi connectivity index (χ1) is 11.0. The number of carbonyl (C=O) groups excluding carboxylic acids is 1. The van der Waals surface area contributed by atoms with Crippen LogP contribution >= 0.6 is 0 Å². The molecule has 2 aromatic rings. The van der Waals surface area contributed by atoms with Crippen molar-refractivity contribution in [2.24, 2.45) is 0 Å². The molecule has 0 saturated carbocycles. The molecule has 1 fully saturated rings. The molecular formula is C16H17NO6. The number of fused-ring (bicyclic) bond motifs is 1. The van der Waals surface area contributed by atoms with Crippen LogP contribution in [0, 0.1) is 6.92 Å². The van der Waals surface area contributed by atoms with Crippen molar-refractivity contribution in [1.29, 1.82) is 0 Å². The Bertz CT molecular complexity index is 765. The molecule has 1 aliphatic rings. The van der Waals surface area contributed by atoms with E-state index in [9.17, 15) is 9.59 Å². The molecule has 1 atom stereocenters. The molecule has 23 heavy (non-hydrogen) atoms. The highest BCUT2D eigenvalue weighted by Crippen LogP contribution is 2.29. The number of carboxylic acid groups (broad SMARTS) is 1. The van der Waals surface area contributed by atoms with Gasteiger partial charge in [-0.1, -0.05) is 0 Å². The van der Waals surface area contributed by atoms with Crippen LogP contribution in [0.2, 0.25) is 0 Å². The third kappa shape index (κ3) is 2.75. The molecule has 7 nitrogen and oxygen atoms in total. The largest absolute Gasteiger partial charge is 0.497 e. The van der Waals surface area contributed by atoms with E-state index >= 15 is 0 Å². The lowest BCUT2D eigenvalue weighted by molar-refractivity contribution is -0.154. The average molecular weight is 319 g/mol. The van der Waals surface area contributed by atoms with E-state index in [-0.39, 0.29) is 24.8 Å². The minimum absolute atomic E-state index is 0.00791. The number of carboxylic acids is 1. The highest BCUT2D eigenvalue weighted by atomic mass is 16.5. The molecule has 1 amide bonds. The maximum Gasteiger partial charge on any atom is 0.334 e. The molecule has 1 aromatic carbocycles. The normalized spacial score (nSPS) is 18.2. The molecule has 1 unspecified atom stereocenters. The van der Waals surface area contributed by atoms with E-state index in [0.717, 1.165) is 5.39 Å². The second-order valence-electron chi connectivity index (χ2n) is 5.37. The van der Waals surface area contributed by atoms with Gasteiger partial charge in [-0.3, -0.25) is 4.79 Å². The van der Waals surface area contributed by atoms with Gasteiger partial charge in [0.2, 0.25) is 0 Å². The summed E-state index contributed by atoms with van der Waals surface area (Å²) < 4.78 is 16.0. The molecule has 1 saturated heterocycles. The van der Waals surface area contributed by atoms with E-state index in [2.05, 4.69) is 0 Å². The molecule has 3 rings (SSSR count). The van der Waals surface area contributed by atoms with Crippen LogP contribution in [-0.2, 0) is 9.53 Å². The highest BCUT2D eigenvalue weighted by Gasteiger charge is 2.31. The third-order valence-corrected chi connectivity index (χ3v) is 3.97. The van der Waals surface area contributed by atoms with Gasteiger partial charge in [-0.15, -0.1) is 0 Å². The van der Waals surface area contributed by atoms with Crippen LogP contribution in [0.1, 0.15) is 16.1 Å². The van der Waals surface area contributed by atoms with Crippen molar-refractivity contribution in [2.45, 2.75) is 13.0 Å². The molecule has 0 bridgehead atoms. The van der Waals surface area contributed by atoms with Crippen molar-refractivity contribution >= 4 is 22.8 Å². The fourth-order valence-electron chi connectivity index (χ4n) is 2.66. The van der Waals surface area contributed by atoms with E-state index < -0.39 is 12.1 Å². The van der Waals surface area contributed by atoms with Crippen molar-refractivity contribution in [3.8, 4) is 5.75 Å². The number of hydrogen-bond donors (Lipinski definition) is 1. The number of ether oxygens (including phenoxy) is 2. The van der Waals surface area contributed by atoms with Gasteiger partial charge in [-0.05, 0) is 25.1 Å². The van der Waals surface area contributed by atoms with Crippen LogP contribution in [0.3, 0.4) is 0 Å². The van der Waals surface area contributed by atoms with Crippen molar-refractivity contribution in [1.82, 2.24) is 4.90 Å². The summed E-state index contributed by atoms with van der Waals surface area (Å²) in [4.78, 5) is 25.2. The fourth-order valence-corrected chi connectivity index (χ4v) is 2.66. The predicted octanol–water partition coefficient (Wildman–Crippen LogP) is 1.68. The van der Waals surface area contributed by atoms with Crippen molar-refractivity contribution in [3.05, 3.63) is 29.5 Å². The Morgan fingerprint density at radius 2 is 2.17 bits per heavy atom. The van der Waals surface area contributed by atoms with E-state index in [0.29, 0.717) is 23.4 Å². The molecule has 7 heteroatoms. The predicted molar refractivity (Wildman–Crippen MR) is 80.8 cm³/mol. The van der Waals surface area contributed by atoms with Crippen molar-refractivity contribution in [3.63, 3.8) is 0 Å². The van der Waals surface area contributed by atoms with Crippen LogP contribution < -0.4 is 4.74 Å². The minimum Gasteiger partial charge on any atom is -0.497 e. The van der Waals surface area contributed by atoms with Gasteiger partial charge in [-0.25, -0.2) is 4.79 Å². The first-order valence-corrected chi connectivity index (χ1v) is 7.22. The maximum atomic E-state index is 12.7. The van der Waals surface area contributed by atoms with Gasteiger partial charge >= 0.3 is 5.97 Å². The van der Waals surface area contributed by atoms with E-state index in [1.807, 2.05) is 6.07 Å². The Morgan fingerprint density at radius 3 is 2.87 bits per heavy atom. The van der Waals surface area contributed by atoms with Crippen LogP contribution in [-0.4, -0.2) is 54.8 Å². The van der Waals surface area contributed by atoms with Gasteiger partial charge in [0.25, 0.3) is 5.91 Å². The second-order valence-corrected chi connectivity index (χ2v) is 5.37. The van der Waals surface area contributed by atoms with Crippen molar-refractivity contribution in [2.75, 3.05) is 26.8 Å².